The summed E-state index contributed by atoms with van der Waals surface area (Å²) >= 11 is 1.13. The molecule has 29 heavy (non-hydrogen) atoms. The summed E-state index contributed by atoms with van der Waals surface area (Å²) in [4.78, 5) is 42.3. The monoisotopic (exact) mass is 408 g/mol. The van der Waals surface area contributed by atoms with Crippen LogP contribution in [0.5, 0.6) is 11.8 Å². The Morgan fingerprint density at radius 2 is 1.97 bits per heavy atom. The standard InChI is InChI=1S/C18H12N6O4S/c25-16(26)14-13-12-10(4-7-19-15(12)29-14)24(18(27)23-13)11-3-2-9(8-22-11)28-17-20-5-1-6-21-17/h1-8,13-14H,(H,23,27)(H,25,26). The van der Waals surface area contributed by atoms with Crippen molar-refractivity contribution in [2.24, 2.45) is 0 Å². The SMILES string of the molecule is O=C(O)C1Sc2nccc3c2C1NC(=O)N3c1ccc(Oc2ncccn2)cn1. The lowest BCUT2D eigenvalue weighted by molar-refractivity contribution is -0.136. The Labute approximate surface area is 168 Å². The van der Waals surface area contributed by atoms with Gasteiger partial charge in [0.1, 0.15) is 21.8 Å². The van der Waals surface area contributed by atoms with Crippen molar-refractivity contribution in [2.45, 2.75) is 16.3 Å². The minimum Gasteiger partial charge on any atom is -0.480 e. The second kappa shape index (κ2) is 6.71. The number of aliphatic carboxylic acids is 1. The summed E-state index contributed by atoms with van der Waals surface area (Å²) in [7, 11) is 0. The quantitative estimate of drug-likeness (QED) is 0.668. The molecular weight excluding hydrogens is 396 g/mol. The third-order valence-electron chi connectivity index (χ3n) is 4.45. The molecule has 0 aromatic carbocycles. The smallest absolute Gasteiger partial charge is 0.328 e. The van der Waals surface area contributed by atoms with E-state index in [9.17, 15) is 14.7 Å². The van der Waals surface area contributed by atoms with Crippen LogP contribution in [-0.4, -0.2) is 42.3 Å². The van der Waals surface area contributed by atoms with Crippen LogP contribution in [0.15, 0.2) is 54.1 Å². The van der Waals surface area contributed by atoms with Gasteiger partial charge in [-0.25, -0.2) is 29.6 Å². The van der Waals surface area contributed by atoms with E-state index >= 15 is 0 Å². The van der Waals surface area contributed by atoms with Crippen LogP contribution >= 0.6 is 11.8 Å². The maximum Gasteiger partial charge on any atom is 0.328 e. The van der Waals surface area contributed by atoms with Gasteiger partial charge in [0.2, 0.25) is 0 Å². The number of carboxylic acids is 1. The number of carbonyl (C=O) groups excluding carboxylic acids is 1. The lowest BCUT2D eigenvalue weighted by Crippen LogP contribution is -2.47. The normalized spacial score (nSPS) is 19.4. The molecule has 5 rings (SSSR count). The molecule has 0 aliphatic carbocycles. The van der Waals surface area contributed by atoms with Gasteiger partial charge in [0, 0.05) is 24.2 Å². The van der Waals surface area contributed by atoms with Crippen LogP contribution in [0.1, 0.15) is 11.6 Å². The highest BCUT2D eigenvalue weighted by Gasteiger charge is 2.46. The summed E-state index contributed by atoms with van der Waals surface area (Å²) in [5.74, 6) is -0.225. The lowest BCUT2D eigenvalue weighted by Gasteiger charge is -2.32. The highest BCUT2D eigenvalue weighted by Crippen LogP contribution is 2.50. The summed E-state index contributed by atoms with van der Waals surface area (Å²) in [6.45, 7) is 0. The Morgan fingerprint density at radius 1 is 1.14 bits per heavy atom. The number of urea groups is 1. The lowest BCUT2D eigenvalue weighted by atomic mass is 10.0. The predicted octanol–water partition coefficient (Wildman–Crippen LogP) is 2.52. The van der Waals surface area contributed by atoms with Crippen molar-refractivity contribution < 1.29 is 19.4 Å². The van der Waals surface area contributed by atoms with Gasteiger partial charge < -0.3 is 15.2 Å². The largest absolute Gasteiger partial charge is 0.480 e. The van der Waals surface area contributed by atoms with Gasteiger partial charge in [0.15, 0.2) is 0 Å². The number of amides is 2. The number of rotatable bonds is 4. The Balaban J connectivity index is 1.48. The number of hydrogen-bond acceptors (Lipinski definition) is 8. The fourth-order valence-electron chi connectivity index (χ4n) is 3.25. The molecule has 2 atom stereocenters. The van der Waals surface area contributed by atoms with Crippen LogP contribution in [0, 0.1) is 0 Å². The second-order valence-electron chi connectivity index (χ2n) is 6.17. The zero-order valence-electron chi connectivity index (χ0n) is 14.6. The molecule has 11 heteroatoms. The van der Waals surface area contributed by atoms with Crippen molar-refractivity contribution in [3.05, 3.63) is 54.6 Å². The minimum atomic E-state index is -1.000. The molecule has 2 amide bonds. The average Bonchev–Trinajstić information content (AvgIpc) is 3.10. The first-order chi connectivity index (χ1) is 14.1. The van der Waals surface area contributed by atoms with E-state index in [2.05, 4.69) is 25.3 Å². The Kier molecular flexibility index (Phi) is 4.02. The van der Waals surface area contributed by atoms with Gasteiger partial charge >= 0.3 is 18.0 Å². The molecule has 144 valence electrons. The van der Waals surface area contributed by atoms with E-state index in [1.54, 1.807) is 42.9 Å². The summed E-state index contributed by atoms with van der Waals surface area (Å²) in [5, 5.41) is 12.0. The van der Waals surface area contributed by atoms with E-state index < -0.39 is 23.3 Å². The van der Waals surface area contributed by atoms with Crippen LogP contribution in [0.3, 0.4) is 0 Å². The molecule has 0 fully saturated rings. The number of thioether (sulfide) groups is 1. The number of ether oxygens (including phenoxy) is 1. The topological polar surface area (TPSA) is 130 Å². The maximum atomic E-state index is 12.8. The third kappa shape index (κ3) is 2.91. The number of carboxylic acid groups (broad SMARTS) is 1. The van der Waals surface area contributed by atoms with E-state index in [1.807, 2.05) is 0 Å². The molecule has 2 aliphatic heterocycles. The van der Waals surface area contributed by atoms with E-state index in [4.69, 9.17) is 4.74 Å². The maximum absolute atomic E-state index is 12.8. The van der Waals surface area contributed by atoms with E-state index in [-0.39, 0.29) is 6.01 Å². The van der Waals surface area contributed by atoms with E-state index in [1.165, 1.54) is 11.1 Å². The van der Waals surface area contributed by atoms with Crippen molar-refractivity contribution in [1.29, 1.82) is 0 Å². The number of hydrogen-bond donors (Lipinski definition) is 2. The number of nitrogens with zero attached hydrogens (tertiary/aromatic N) is 5. The third-order valence-corrected chi connectivity index (χ3v) is 5.73. The fraction of sp³-hybridized carbons (Fsp3) is 0.111. The van der Waals surface area contributed by atoms with Gasteiger partial charge in [-0.15, -0.1) is 0 Å². The molecule has 3 aromatic heterocycles. The van der Waals surface area contributed by atoms with E-state index in [0.29, 0.717) is 27.8 Å². The first-order valence-corrected chi connectivity index (χ1v) is 9.40. The van der Waals surface area contributed by atoms with Crippen molar-refractivity contribution >= 4 is 35.3 Å². The van der Waals surface area contributed by atoms with Crippen LogP contribution in [-0.2, 0) is 4.79 Å². The molecule has 0 spiro atoms. The molecule has 5 heterocycles. The van der Waals surface area contributed by atoms with Gasteiger partial charge in [-0.05, 0) is 24.3 Å². The molecule has 0 saturated heterocycles. The molecule has 0 bridgehead atoms. The van der Waals surface area contributed by atoms with Gasteiger partial charge in [-0.2, -0.15) is 0 Å². The predicted molar refractivity (Wildman–Crippen MR) is 101 cm³/mol. The number of nitrogens with one attached hydrogen (secondary N) is 1. The van der Waals surface area contributed by atoms with Crippen molar-refractivity contribution in [1.82, 2.24) is 25.3 Å². The summed E-state index contributed by atoms with van der Waals surface area (Å²) < 4.78 is 5.52. The Bertz CT molecular complexity index is 1110. The Morgan fingerprint density at radius 3 is 2.69 bits per heavy atom. The molecular formula is C18H12N6O4S. The number of pyridine rings is 2. The molecule has 2 unspecified atom stereocenters. The highest BCUT2D eigenvalue weighted by molar-refractivity contribution is 8.00. The van der Waals surface area contributed by atoms with Crippen LogP contribution in [0.25, 0.3) is 0 Å². The number of carbonyl (C=O) groups is 2. The van der Waals surface area contributed by atoms with Crippen LogP contribution < -0.4 is 15.0 Å². The van der Waals surface area contributed by atoms with E-state index in [0.717, 1.165) is 11.8 Å². The van der Waals surface area contributed by atoms with Gasteiger partial charge in [0.05, 0.1) is 17.9 Å². The molecule has 0 radical (unpaired) electrons. The van der Waals surface area contributed by atoms with Crippen molar-refractivity contribution in [3.63, 3.8) is 0 Å². The molecule has 3 aromatic rings. The second-order valence-corrected chi connectivity index (χ2v) is 7.30. The number of aromatic nitrogens is 4. The molecule has 2 N–H and O–H groups in total. The van der Waals surface area contributed by atoms with Crippen molar-refractivity contribution in [3.8, 4) is 11.8 Å². The molecule has 0 saturated carbocycles. The first kappa shape index (κ1) is 17.4. The minimum absolute atomic E-state index is 0.185. The highest BCUT2D eigenvalue weighted by atomic mass is 32.2. The fourth-order valence-corrected chi connectivity index (χ4v) is 4.41. The zero-order chi connectivity index (χ0) is 20.0. The summed E-state index contributed by atoms with van der Waals surface area (Å²) in [5.41, 5.74) is 1.25. The average molecular weight is 408 g/mol. The Hall–Kier alpha value is -3.73. The zero-order valence-corrected chi connectivity index (χ0v) is 15.4. The molecule has 2 aliphatic rings. The van der Waals surface area contributed by atoms with Gasteiger partial charge in [0.25, 0.3) is 0 Å². The first-order valence-electron chi connectivity index (χ1n) is 8.52. The molecule has 10 nitrogen and oxygen atoms in total. The van der Waals surface area contributed by atoms with Crippen LogP contribution in [0.2, 0.25) is 0 Å². The van der Waals surface area contributed by atoms with Gasteiger partial charge in [-0.1, -0.05) is 11.8 Å². The summed E-state index contributed by atoms with van der Waals surface area (Å²) in [6, 6.07) is 5.72. The van der Waals surface area contributed by atoms with Gasteiger partial charge in [-0.3, -0.25) is 4.79 Å². The van der Waals surface area contributed by atoms with Crippen LogP contribution in [0.4, 0.5) is 16.3 Å². The summed E-state index contributed by atoms with van der Waals surface area (Å²) in [6.07, 6.45) is 6.13. The number of anilines is 2. The van der Waals surface area contributed by atoms with Crippen molar-refractivity contribution in [2.75, 3.05) is 4.90 Å².